The molecule has 1 aromatic carbocycles. The fourth-order valence-corrected chi connectivity index (χ4v) is 2.42. The van der Waals surface area contributed by atoms with E-state index in [2.05, 4.69) is 5.32 Å². The van der Waals surface area contributed by atoms with Gasteiger partial charge in [-0.05, 0) is 19.5 Å². The summed E-state index contributed by atoms with van der Waals surface area (Å²) in [5.74, 6) is 0. The summed E-state index contributed by atoms with van der Waals surface area (Å²) in [7, 11) is 1.79. The highest BCUT2D eigenvalue weighted by Crippen LogP contribution is 2.23. The highest BCUT2D eigenvalue weighted by Gasteiger charge is 2.12. The third kappa shape index (κ3) is 3.23. The number of non-ortho nitro benzene ring substituents is 1. The molecular formula is C16H19N3O3. The van der Waals surface area contributed by atoms with Gasteiger partial charge in [-0.15, -0.1) is 0 Å². The van der Waals surface area contributed by atoms with Crippen LogP contribution in [0.3, 0.4) is 0 Å². The average molecular weight is 301 g/mol. The smallest absolute Gasteiger partial charge is 0.270 e. The van der Waals surface area contributed by atoms with Gasteiger partial charge in [0, 0.05) is 36.3 Å². The number of nitro groups is 1. The van der Waals surface area contributed by atoms with Gasteiger partial charge in [0.1, 0.15) is 0 Å². The molecule has 2 rings (SSSR count). The predicted molar refractivity (Wildman–Crippen MR) is 85.8 cm³/mol. The van der Waals surface area contributed by atoms with Crippen LogP contribution in [0.25, 0.3) is 11.3 Å². The first-order valence-electron chi connectivity index (χ1n) is 7.20. The molecule has 116 valence electrons. The van der Waals surface area contributed by atoms with Crippen molar-refractivity contribution in [3.63, 3.8) is 0 Å². The number of nitrogens with one attached hydrogen (secondary N) is 1. The Morgan fingerprint density at radius 2 is 2.05 bits per heavy atom. The lowest BCUT2D eigenvalue weighted by Crippen LogP contribution is -2.27. The van der Waals surface area contributed by atoms with Crippen molar-refractivity contribution in [3.05, 3.63) is 62.4 Å². The topological polar surface area (TPSA) is 77.2 Å². The fraction of sp³-hybridized carbons (Fsp3) is 0.312. The van der Waals surface area contributed by atoms with E-state index in [4.69, 9.17) is 0 Å². The fourth-order valence-electron chi connectivity index (χ4n) is 2.42. The van der Waals surface area contributed by atoms with E-state index in [0.29, 0.717) is 29.9 Å². The van der Waals surface area contributed by atoms with E-state index in [1.165, 1.54) is 12.1 Å². The van der Waals surface area contributed by atoms with Crippen molar-refractivity contribution >= 4 is 5.69 Å². The van der Waals surface area contributed by atoms with Gasteiger partial charge < -0.3 is 9.88 Å². The van der Waals surface area contributed by atoms with Gasteiger partial charge in [0.15, 0.2) is 0 Å². The van der Waals surface area contributed by atoms with E-state index in [1.807, 2.05) is 13.0 Å². The predicted octanol–water partition coefficient (Wildman–Crippen LogP) is 2.55. The third-order valence-corrected chi connectivity index (χ3v) is 3.42. The molecule has 0 amide bonds. The van der Waals surface area contributed by atoms with Crippen LogP contribution in [0.2, 0.25) is 0 Å². The van der Waals surface area contributed by atoms with Gasteiger partial charge in [-0.1, -0.05) is 25.1 Å². The summed E-state index contributed by atoms with van der Waals surface area (Å²) in [6.07, 6.45) is 0.810. The first-order valence-corrected chi connectivity index (χ1v) is 7.20. The molecule has 1 aromatic heterocycles. The molecule has 0 fully saturated rings. The van der Waals surface area contributed by atoms with E-state index in [9.17, 15) is 14.9 Å². The minimum absolute atomic E-state index is 0.0206. The van der Waals surface area contributed by atoms with Crippen molar-refractivity contribution in [2.45, 2.75) is 26.4 Å². The molecular weight excluding hydrogens is 282 g/mol. The monoisotopic (exact) mass is 301 g/mol. The molecule has 0 aliphatic carbocycles. The van der Waals surface area contributed by atoms with Crippen LogP contribution in [0, 0.1) is 10.1 Å². The van der Waals surface area contributed by atoms with Crippen molar-refractivity contribution in [3.8, 4) is 11.3 Å². The van der Waals surface area contributed by atoms with Crippen molar-refractivity contribution < 1.29 is 4.92 Å². The first kappa shape index (κ1) is 15.9. The molecule has 0 radical (unpaired) electrons. The molecule has 0 saturated heterocycles. The molecule has 0 saturated carbocycles. The Morgan fingerprint density at radius 3 is 2.68 bits per heavy atom. The Labute approximate surface area is 128 Å². The second-order valence-corrected chi connectivity index (χ2v) is 5.04. The highest BCUT2D eigenvalue weighted by molar-refractivity contribution is 5.63. The molecule has 1 N–H and O–H groups in total. The summed E-state index contributed by atoms with van der Waals surface area (Å²) in [6, 6.07) is 9.99. The lowest BCUT2D eigenvalue weighted by Gasteiger charge is -2.14. The second-order valence-electron chi connectivity index (χ2n) is 5.04. The molecule has 0 atom stereocenters. The minimum Gasteiger partial charge on any atom is -0.315 e. The number of benzene rings is 1. The maximum atomic E-state index is 12.6. The van der Waals surface area contributed by atoms with Gasteiger partial charge in [-0.3, -0.25) is 14.9 Å². The maximum absolute atomic E-state index is 12.6. The minimum atomic E-state index is -0.429. The van der Waals surface area contributed by atoms with Gasteiger partial charge in [-0.25, -0.2) is 0 Å². The number of pyridine rings is 1. The lowest BCUT2D eigenvalue weighted by molar-refractivity contribution is -0.384. The number of nitrogens with zero attached hydrogens (tertiary/aromatic N) is 2. The Hall–Kier alpha value is -2.47. The van der Waals surface area contributed by atoms with Gasteiger partial charge in [0.25, 0.3) is 11.2 Å². The molecule has 0 spiro atoms. The second kappa shape index (κ2) is 7.00. The zero-order chi connectivity index (χ0) is 16.1. The molecule has 0 aliphatic rings. The largest absolute Gasteiger partial charge is 0.315 e. The van der Waals surface area contributed by atoms with Gasteiger partial charge in [0.2, 0.25) is 0 Å². The van der Waals surface area contributed by atoms with E-state index in [0.717, 1.165) is 6.42 Å². The number of hydrogen-bond acceptors (Lipinski definition) is 4. The van der Waals surface area contributed by atoms with E-state index in [1.54, 1.807) is 29.8 Å². The number of aromatic nitrogens is 1. The van der Waals surface area contributed by atoms with Crippen LogP contribution in [0.4, 0.5) is 5.69 Å². The Bertz CT molecular complexity index is 738. The molecule has 2 aromatic rings. The van der Waals surface area contributed by atoms with Crippen molar-refractivity contribution in [2.75, 3.05) is 7.05 Å². The summed E-state index contributed by atoms with van der Waals surface area (Å²) >= 11 is 0. The van der Waals surface area contributed by atoms with Crippen LogP contribution >= 0.6 is 0 Å². The molecule has 0 unspecified atom stereocenters. The number of rotatable bonds is 6. The van der Waals surface area contributed by atoms with Crippen LogP contribution < -0.4 is 10.9 Å². The zero-order valence-corrected chi connectivity index (χ0v) is 12.7. The summed E-state index contributed by atoms with van der Waals surface area (Å²) in [4.78, 5) is 23.1. The molecule has 6 heteroatoms. The number of hydrogen-bond donors (Lipinski definition) is 1. The molecule has 22 heavy (non-hydrogen) atoms. The van der Waals surface area contributed by atoms with Crippen molar-refractivity contribution in [2.24, 2.45) is 0 Å². The Kier molecular flexibility index (Phi) is 5.06. The number of nitro benzene ring substituents is 1. The molecule has 1 heterocycles. The third-order valence-electron chi connectivity index (χ3n) is 3.42. The standard InChI is InChI=1S/C16H19N3O3/c1-3-9-18-15(8-7-13(11-17-2)16(18)20)12-5-4-6-14(10-12)19(21)22/h4-8,10,17H,3,9,11H2,1-2H3. The molecule has 6 nitrogen and oxygen atoms in total. The lowest BCUT2D eigenvalue weighted by atomic mass is 10.1. The van der Waals surface area contributed by atoms with Crippen LogP contribution in [0.5, 0.6) is 0 Å². The Balaban J connectivity index is 2.59. The summed E-state index contributed by atoms with van der Waals surface area (Å²) in [6.45, 7) is 3.07. The van der Waals surface area contributed by atoms with Crippen LogP contribution in [0.1, 0.15) is 18.9 Å². The average Bonchev–Trinajstić information content (AvgIpc) is 2.52. The van der Waals surface area contributed by atoms with E-state index < -0.39 is 4.92 Å². The van der Waals surface area contributed by atoms with Gasteiger partial charge in [-0.2, -0.15) is 0 Å². The van der Waals surface area contributed by atoms with E-state index >= 15 is 0 Å². The van der Waals surface area contributed by atoms with Crippen molar-refractivity contribution in [1.29, 1.82) is 0 Å². The molecule has 0 aliphatic heterocycles. The van der Waals surface area contributed by atoms with Crippen molar-refractivity contribution in [1.82, 2.24) is 9.88 Å². The maximum Gasteiger partial charge on any atom is 0.270 e. The van der Waals surface area contributed by atoms with Gasteiger partial charge >= 0.3 is 0 Å². The molecule has 0 bridgehead atoms. The first-order chi connectivity index (χ1) is 10.6. The van der Waals surface area contributed by atoms with E-state index in [-0.39, 0.29) is 11.2 Å². The highest BCUT2D eigenvalue weighted by atomic mass is 16.6. The summed E-state index contributed by atoms with van der Waals surface area (Å²) in [5.41, 5.74) is 2.03. The zero-order valence-electron chi connectivity index (χ0n) is 12.7. The van der Waals surface area contributed by atoms with Gasteiger partial charge in [0.05, 0.1) is 10.6 Å². The quantitative estimate of drug-likeness (QED) is 0.657. The summed E-state index contributed by atoms with van der Waals surface area (Å²) < 4.78 is 1.69. The van der Waals surface area contributed by atoms with Crippen LogP contribution in [0.15, 0.2) is 41.2 Å². The van der Waals surface area contributed by atoms with Crippen LogP contribution in [-0.4, -0.2) is 16.5 Å². The SMILES string of the molecule is CCCn1c(-c2cccc([N+](=O)[O-])c2)ccc(CNC)c1=O. The Morgan fingerprint density at radius 1 is 1.27 bits per heavy atom. The normalized spacial score (nSPS) is 10.6. The van der Waals surface area contributed by atoms with Crippen LogP contribution in [-0.2, 0) is 13.1 Å². The summed E-state index contributed by atoms with van der Waals surface area (Å²) in [5, 5.41) is 13.9.